The first-order valence-corrected chi connectivity index (χ1v) is 10.8. The van der Waals surface area contributed by atoms with Crippen LogP contribution >= 0.6 is 0 Å². The summed E-state index contributed by atoms with van der Waals surface area (Å²) in [6.45, 7) is 2.50. The van der Waals surface area contributed by atoms with E-state index in [2.05, 4.69) is 10.6 Å². The molecule has 2 N–H and O–H groups in total. The number of carbonyl (C=O) groups is 1. The number of primary amides is 1. The summed E-state index contributed by atoms with van der Waals surface area (Å²) < 4.78 is 25.9. The van der Waals surface area contributed by atoms with Gasteiger partial charge in [0.15, 0.2) is 9.84 Å². The summed E-state index contributed by atoms with van der Waals surface area (Å²) in [5.41, 5.74) is 9.93. The monoisotopic (exact) mass is 392 g/mol. The molecule has 0 spiro atoms. The summed E-state index contributed by atoms with van der Waals surface area (Å²) in [6, 6.07) is 18.5. The molecule has 1 amide bonds. The van der Waals surface area contributed by atoms with Crippen LogP contribution in [0.3, 0.4) is 0 Å². The molecule has 5 nitrogen and oxygen atoms in total. The highest BCUT2D eigenvalue weighted by atomic mass is 32.2. The maximum absolute atomic E-state index is 12.0. The Labute approximate surface area is 163 Å². The van der Waals surface area contributed by atoms with Crippen molar-refractivity contribution >= 4 is 37.6 Å². The zero-order valence-electron chi connectivity index (χ0n) is 15.6. The van der Waals surface area contributed by atoms with E-state index in [-0.39, 0.29) is 0 Å². The van der Waals surface area contributed by atoms with Crippen molar-refractivity contribution in [1.82, 2.24) is 4.57 Å². The fourth-order valence-electron chi connectivity index (χ4n) is 3.69. The maximum atomic E-state index is 12.0. The van der Waals surface area contributed by atoms with Gasteiger partial charge in [0.2, 0.25) is 5.91 Å². The molecule has 0 aliphatic heterocycles. The summed E-state index contributed by atoms with van der Waals surface area (Å²) in [6.07, 6.45) is 1.20. The maximum Gasteiger partial charge on any atom is 0.249 e. The summed E-state index contributed by atoms with van der Waals surface area (Å²) in [5, 5.41) is 1.78. The van der Waals surface area contributed by atoms with Gasteiger partial charge in [0.1, 0.15) is 0 Å². The number of hydrogen-bond donors (Lipinski definition) is 1. The number of aromatic nitrogens is 1. The van der Waals surface area contributed by atoms with Crippen molar-refractivity contribution in [3.05, 3.63) is 77.4 Å². The molecule has 3 aromatic carbocycles. The molecule has 1 aromatic heterocycles. The molecule has 28 heavy (non-hydrogen) atoms. The molecular formula is C22H20N2O3S. The van der Waals surface area contributed by atoms with Crippen molar-refractivity contribution in [2.45, 2.75) is 18.4 Å². The second kappa shape index (κ2) is 6.49. The number of hydrogen-bond acceptors (Lipinski definition) is 3. The number of aryl methyl sites for hydroxylation is 1. The standard InChI is InChI=1S/C22H20N2O3S/c1-14-9-10-17-20(11-14)24(19-8-4-7-18(21(17)19)22(23)25)13-15-5-3-6-16(12-15)28(2,26)27/h3-12H,13H2,1-2H3,(H2,23,25). The van der Waals surface area contributed by atoms with E-state index in [0.717, 1.165) is 32.9 Å². The number of nitrogens with zero attached hydrogens (tertiary/aromatic N) is 1. The molecule has 0 fully saturated rings. The van der Waals surface area contributed by atoms with Gasteiger partial charge in [0.25, 0.3) is 0 Å². The van der Waals surface area contributed by atoms with E-state index in [1.807, 2.05) is 37.3 Å². The quantitative estimate of drug-likeness (QED) is 0.575. The average molecular weight is 392 g/mol. The zero-order valence-corrected chi connectivity index (χ0v) is 16.5. The first-order chi connectivity index (χ1) is 13.3. The molecule has 4 aromatic rings. The van der Waals surface area contributed by atoms with E-state index in [9.17, 15) is 13.2 Å². The SMILES string of the molecule is Cc1ccc2c3c(C(N)=O)cccc3n(Cc3cccc(S(C)(=O)=O)c3)c2c1. The van der Waals surface area contributed by atoms with Gasteiger partial charge in [-0.2, -0.15) is 0 Å². The van der Waals surface area contributed by atoms with Crippen molar-refractivity contribution in [2.75, 3.05) is 6.26 Å². The lowest BCUT2D eigenvalue weighted by molar-refractivity contribution is 0.100. The highest BCUT2D eigenvalue weighted by molar-refractivity contribution is 7.90. The molecule has 1 heterocycles. The summed E-state index contributed by atoms with van der Waals surface area (Å²) in [5.74, 6) is -0.468. The lowest BCUT2D eigenvalue weighted by atomic mass is 10.1. The fourth-order valence-corrected chi connectivity index (χ4v) is 4.38. The van der Waals surface area contributed by atoms with Gasteiger partial charge < -0.3 is 10.3 Å². The Bertz CT molecular complexity index is 1350. The Morgan fingerprint density at radius 2 is 1.75 bits per heavy atom. The molecule has 142 valence electrons. The van der Waals surface area contributed by atoms with E-state index >= 15 is 0 Å². The van der Waals surface area contributed by atoms with E-state index in [1.165, 1.54) is 6.26 Å². The minimum atomic E-state index is -3.28. The van der Waals surface area contributed by atoms with Crippen LogP contribution in [0.2, 0.25) is 0 Å². The molecule has 0 bridgehead atoms. The third-order valence-electron chi connectivity index (χ3n) is 4.98. The van der Waals surface area contributed by atoms with Crippen LogP contribution < -0.4 is 5.73 Å². The molecular weight excluding hydrogens is 372 g/mol. The summed E-state index contributed by atoms with van der Waals surface area (Å²) >= 11 is 0. The Morgan fingerprint density at radius 1 is 1.00 bits per heavy atom. The first-order valence-electron chi connectivity index (χ1n) is 8.86. The Morgan fingerprint density at radius 3 is 2.46 bits per heavy atom. The van der Waals surface area contributed by atoms with Gasteiger partial charge >= 0.3 is 0 Å². The molecule has 0 saturated heterocycles. The summed E-state index contributed by atoms with van der Waals surface area (Å²) in [4.78, 5) is 12.3. The van der Waals surface area contributed by atoms with Gasteiger partial charge in [-0.25, -0.2) is 8.42 Å². The van der Waals surface area contributed by atoms with E-state index < -0.39 is 15.7 Å². The first kappa shape index (κ1) is 18.3. The van der Waals surface area contributed by atoms with Crippen molar-refractivity contribution in [3.8, 4) is 0 Å². The van der Waals surface area contributed by atoms with Gasteiger partial charge in [-0.15, -0.1) is 0 Å². The third kappa shape index (κ3) is 3.05. The normalized spacial score (nSPS) is 11.9. The predicted molar refractivity (Wildman–Crippen MR) is 111 cm³/mol. The summed E-state index contributed by atoms with van der Waals surface area (Å²) in [7, 11) is -3.28. The van der Waals surface area contributed by atoms with Crippen LogP contribution in [0, 0.1) is 6.92 Å². The predicted octanol–water partition coefficient (Wildman–Crippen LogP) is 3.65. The highest BCUT2D eigenvalue weighted by Gasteiger charge is 2.17. The number of rotatable bonds is 4. The van der Waals surface area contributed by atoms with Crippen molar-refractivity contribution in [2.24, 2.45) is 5.73 Å². The van der Waals surface area contributed by atoms with Crippen molar-refractivity contribution < 1.29 is 13.2 Å². The van der Waals surface area contributed by atoms with Crippen molar-refractivity contribution in [1.29, 1.82) is 0 Å². The van der Waals surface area contributed by atoms with Gasteiger partial charge in [0.05, 0.1) is 10.4 Å². The zero-order chi connectivity index (χ0) is 20.1. The fraction of sp³-hybridized carbons (Fsp3) is 0.136. The number of carbonyl (C=O) groups excluding carboxylic acids is 1. The Hall–Kier alpha value is -3.12. The minimum absolute atomic E-state index is 0.291. The third-order valence-corrected chi connectivity index (χ3v) is 6.09. The smallest absolute Gasteiger partial charge is 0.249 e. The van der Waals surface area contributed by atoms with Gasteiger partial charge in [-0.3, -0.25) is 4.79 Å². The van der Waals surface area contributed by atoms with E-state index in [0.29, 0.717) is 17.0 Å². The van der Waals surface area contributed by atoms with Crippen LogP contribution in [0.5, 0.6) is 0 Å². The molecule has 0 atom stereocenters. The van der Waals surface area contributed by atoms with Crippen LogP contribution in [0.4, 0.5) is 0 Å². The van der Waals surface area contributed by atoms with Crippen LogP contribution in [-0.2, 0) is 16.4 Å². The molecule has 0 radical (unpaired) electrons. The van der Waals surface area contributed by atoms with Crippen LogP contribution in [-0.4, -0.2) is 25.1 Å². The largest absolute Gasteiger partial charge is 0.366 e. The number of fused-ring (bicyclic) bond motifs is 3. The van der Waals surface area contributed by atoms with Crippen LogP contribution in [0.25, 0.3) is 21.8 Å². The lowest BCUT2D eigenvalue weighted by Gasteiger charge is -2.10. The topological polar surface area (TPSA) is 82.2 Å². The van der Waals surface area contributed by atoms with Gasteiger partial charge in [-0.05, 0) is 48.4 Å². The number of nitrogens with two attached hydrogens (primary N) is 1. The van der Waals surface area contributed by atoms with Gasteiger partial charge in [-0.1, -0.05) is 30.3 Å². The highest BCUT2D eigenvalue weighted by Crippen LogP contribution is 2.33. The molecule has 4 rings (SSSR count). The number of amides is 1. The molecule has 0 aliphatic carbocycles. The molecule has 6 heteroatoms. The molecule has 0 aliphatic rings. The Kier molecular flexibility index (Phi) is 4.23. The number of benzene rings is 3. The Balaban J connectivity index is 2.00. The lowest BCUT2D eigenvalue weighted by Crippen LogP contribution is -2.11. The molecule has 0 unspecified atom stereocenters. The van der Waals surface area contributed by atoms with Crippen molar-refractivity contribution in [3.63, 3.8) is 0 Å². The van der Waals surface area contributed by atoms with Crippen LogP contribution in [0.15, 0.2) is 65.6 Å². The molecule has 0 saturated carbocycles. The van der Waals surface area contributed by atoms with E-state index in [1.54, 1.807) is 24.3 Å². The van der Waals surface area contributed by atoms with Crippen LogP contribution in [0.1, 0.15) is 21.5 Å². The second-order valence-electron chi connectivity index (χ2n) is 7.09. The average Bonchev–Trinajstić information content (AvgIpc) is 2.94. The van der Waals surface area contributed by atoms with E-state index in [4.69, 9.17) is 5.73 Å². The second-order valence-corrected chi connectivity index (χ2v) is 9.11. The number of sulfone groups is 1. The minimum Gasteiger partial charge on any atom is -0.366 e. The van der Waals surface area contributed by atoms with Gasteiger partial charge in [0, 0.05) is 34.7 Å².